The molecule has 5 nitrogen and oxygen atoms in total. The van der Waals surface area contributed by atoms with E-state index in [1.165, 1.54) is 0 Å². The Labute approximate surface area is 220 Å². The van der Waals surface area contributed by atoms with Crippen LogP contribution in [-0.4, -0.2) is 42.2 Å². The van der Waals surface area contributed by atoms with Crippen LogP contribution in [0.15, 0.2) is 83.3 Å². The van der Waals surface area contributed by atoms with Crippen molar-refractivity contribution in [2.45, 2.75) is 31.7 Å². The van der Waals surface area contributed by atoms with Crippen LogP contribution in [0.2, 0.25) is 0 Å². The maximum absolute atomic E-state index is 13.6. The second kappa shape index (κ2) is 14.0. The predicted molar refractivity (Wildman–Crippen MR) is 146 cm³/mol. The van der Waals surface area contributed by atoms with Crippen LogP contribution in [0, 0.1) is 0 Å². The number of hydrogen-bond acceptors (Lipinski definition) is 4. The molecule has 35 heavy (non-hydrogen) atoms. The Hall–Kier alpha value is -2.77. The van der Waals surface area contributed by atoms with Gasteiger partial charge in [0.05, 0.1) is 12.9 Å². The molecule has 0 radical (unpaired) electrons. The third-order valence-corrected chi connectivity index (χ3v) is 7.03. The van der Waals surface area contributed by atoms with Gasteiger partial charge in [-0.05, 0) is 47.9 Å². The van der Waals surface area contributed by atoms with Crippen molar-refractivity contribution in [2.75, 3.05) is 19.4 Å². The van der Waals surface area contributed by atoms with Gasteiger partial charge < -0.3 is 15.0 Å². The molecule has 0 unspecified atom stereocenters. The van der Waals surface area contributed by atoms with Gasteiger partial charge in [-0.3, -0.25) is 9.59 Å². The van der Waals surface area contributed by atoms with E-state index in [2.05, 4.69) is 21.2 Å². The largest absolute Gasteiger partial charge is 0.497 e. The van der Waals surface area contributed by atoms with Crippen LogP contribution < -0.4 is 10.1 Å². The van der Waals surface area contributed by atoms with Crippen molar-refractivity contribution in [1.29, 1.82) is 0 Å². The molecule has 7 heteroatoms. The molecule has 0 bridgehead atoms. The normalized spacial score (nSPS) is 11.5. The van der Waals surface area contributed by atoms with Gasteiger partial charge in [-0.2, -0.15) is 0 Å². The minimum atomic E-state index is -0.621. The first-order valence-electron chi connectivity index (χ1n) is 11.6. The third-order valence-electron chi connectivity index (χ3n) is 5.52. The van der Waals surface area contributed by atoms with Crippen molar-refractivity contribution in [1.82, 2.24) is 10.2 Å². The Morgan fingerprint density at radius 3 is 2.37 bits per heavy atom. The molecule has 3 aromatic carbocycles. The fourth-order valence-electron chi connectivity index (χ4n) is 3.73. The van der Waals surface area contributed by atoms with Crippen LogP contribution >= 0.6 is 27.7 Å². The van der Waals surface area contributed by atoms with E-state index in [4.69, 9.17) is 4.74 Å². The number of halogens is 1. The van der Waals surface area contributed by atoms with Crippen molar-refractivity contribution >= 4 is 39.5 Å². The average molecular weight is 556 g/mol. The topological polar surface area (TPSA) is 58.6 Å². The average Bonchev–Trinajstić information content (AvgIpc) is 2.88. The molecule has 1 N–H and O–H groups in total. The molecule has 0 saturated carbocycles. The van der Waals surface area contributed by atoms with E-state index in [0.29, 0.717) is 19.5 Å². The highest BCUT2D eigenvalue weighted by Gasteiger charge is 2.30. The van der Waals surface area contributed by atoms with E-state index in [-0.39, 0.29) is 17.6 Å². The number of carbonyl (C=O) groups is 2. The van der Waals surface area contributed by atoms with Crippen LogP contribution in [0.5, 0.6) is 5.75 Å². The smallest absolute Gasteiger partial charge is 0.243 e. The number of rotatable bonds is 12. The molecule has 2 amide bonds. The van der Waals surface area contributed by atoms with Crippen LogP contribution in [0.3, 0.4) is 0 Å². The molecule has 0 heterocycles. The van der Waals surface area contributed by atoms with Gasteiger partial charge in [-0.15, -0.1) is 11.8 Å². The van der Waals surface area contributed by atoms with Crippen LogP contribution in [0.25, 0.3) is 0 Å². The van der Waals surface area contributed by atoms with Crippen LogP contribution in [0.4, 0.5) is 0 Å². The van der Waals surface area contributed by atoms with Crippen molar-refractivity contribution in [2.24, 2.45) is 0 Å². The summed E-state index contributed by atoms with van der Waals surface area (Å²) in [5, 5.41) is 2.93. The second-order valence-electron chi connectivity index (χ2n) is 8.09. The first-order valence-corrected chi connectivity index (χ1v) is 13.5. The number of benzene rings is 3. The number of nitrogens with zero attached hydrogens (tertiary/aromatic N) is 1. The minimum Gasteiger partial charge on any atom is -0.497 e. The number of ether oxygens (including phenoxy) is 1. The number of carbonyl (C=O) groups excluding carboxylic acids is 2. The Bertz CT molecular complexity index is 1090. The van der Waals surface area contributed by atoms with E-state index >= 15 is 0 Å². The second-order valence-corrected chi connectivity index (χ2v) is 9.99. The van der Waals surface area contributed by atoms with E-state index < -0.39 is 6.04 Å². The van der Waals surface area contributed by atoms with Gasteiger partial charge in [0.2, 0.25) is 11.8 Å². The quantitative estimate of drug-likeness (QED) is 0.322. The Balaban J connectivity index is 1.83. The predicted octanol–water partition coefficient (Wildman–Crippen LogP) is 5.47. The molecular weight excluding hydrogens is 524 g/mol. The van der Waals surface area contributed by atoms with Gasteiger partial charge in [-0.25, -0.2) is 0 Å². The summed E-state index contributed by atoms with van der Waals surface area (Å²) in [7, 11) is 1.62. The molecule has 0 aliphatic carbocycles. The molecule has 3 rings (SSSR count). The lowest BCUT2D eigenvalue weighted by Crippen LogP contribution is -2.51. The van der Waals surface area contributed by atoms with Gasteiger partial charge in [-0.1, -0.05) is 70.5 Å². The zero-order valence-corrected chi connectivity index (χ0v) is 22.5. The lowest BCUT2D eigenvalue weighted by Gasteiger charge is -2.31. The summed E-state index contributed by atoms with van der Waals surface area (Å²) >= 11 is 5.01. The third kappa shape index (κ3) is 8.44. The van der Waals surface area contributed by atoms with E-state index in [9.17, 15) is 9.59 Å². The van der Waals surface area contributed by atoms with Crippen molar-refractivity contribution in [3.05, 3.63) is 100 Å². The number of thioether (sulfide) groups is 1. The van der Waals surface area contributed by atoms with Gasteiger partial charge in [0.15, 0.2) is 0 Å². The zero-order valence-electron chi connectivity index (χ0n) is 20.1. The summed E-state index contributed by atoms with van der Waals surface area (Å²) in [5.74, 6) is 1.51. The Morgan fingerprint density at radius 2 is 1.69 bits per heavy atom. The fourth-order valence-corrected chi connectivity index (χ4v) is 4.87. The lowest BCUT2D eigenvalue weighted by atomic mass is 10.0. The van der Waals surface area contributed by atoms with Crippen molar-refractivity contribution < 1.29 is 14.3 Å². The zero-order chi connectivity index (χ0) is 25.0. The SMILES string of the molecule is CCNC(=O)[C@@H](Cc1ccccc1)N(Cc1cccc(OC)c1)C(=O)CSCc1ccc(Br)cc1. The number of hydrogen-bond donors (Lipinski definition) is 1. The molecule has 1 atom stereocenters. The van der Waals surface area contributed by atoms with Gasteiger partial charge in [0, 0.05) is 29.7 Å². The van der Waals surface area contributed by atoms with Crippen molar-refractivity contribution in [3.8, 4) is 5.75 Å². The molecule has 0 fully saturated rings. The summed E-state index contributed by atoms with van der Waals surface area (Å²) in [4.78, 5) is 28.5. The maximum atomic E-state index is 13.6. The number of methoxy groups -OCH3 is 1. The standard InChI is InChI=1S/C28H31BrN2O3S/c1-3-30-28(33)26(17-21-8-5-4-6-9-21)31(18-23-10-7-11-25(16-23)34-2)27(32)20-35-19-22-12-14-24(29)15-13-22/h4-16,26H,3,17-20H2,1-2H3,(H,30,33)/t26-/m1/s1. The molecular formula is C28H31BrN2O3S. The van der Waals surface area contributed by atoms with E-state index in [1.54, 1.807) is 23.8 Å². The van der Waals surface area contributed by atoms with Gasteiger partial charge in [0.1, 0.15) is 11.8 Å². The van der Waals surface area contributed by atoms with Crippen LogP contribution in [0.1, 0.15) is 23.6 Å². The van der Waals surface area contributed by atoms with Crippen molar-refractivity contribution in [3.63, 3.8) is 0 Å². The molecule has 0 spiro atoms. The highest BCUT2D eigenvalue weighted by Crippen LogP contribution is 2.21. The van der Waals surface area contributed by atoms with Crippen LogP contribution in [-0.2, 0) is 28.3 Å². The molecule has 0 saturated heterocycles. The summed E-state index contributed by atoms with van der Waals surface area (Å²) in [5.41, 5.74) is 3.07. The monoisotopic (exact) mass is 554 g/mol. The number of amides is 2. The number of likely N-dealkylation sites (N-methyl/N-ethyl adjacent to an activating group) is 1. The fraction of sp³-hybridized carbons (Fsp3) is 0.286. The first kappa shape index (κ1) is 26.8. The summed E-state index contributed by atoms with van der Waals surface area (Å²) < 4.78 is 6.40. The highest BCUT2D eigenvalue weighted by atomic mass is 79.9. The molecule has 0 aromatic heterocycles. The molecule has 0 aliphatic heterocycles. The first-order chi connectivity index (χ1) is 17.0. The Kier molecular flexibility index (Phi) is 10.7. The van der Waals surface area contributed by atoms with E-state index in [0.717, 1.165) is 32.7 Å². The van der Waals surface area contributed by atoms with E-state index in [1.807, 2.05) is 85.8 Å². The summed E-state index contributed by atoms with van der Waals surface area (Å²) in [6.45, 7) is 2.72. The summed E-state index contributed by atoms with van der Waals surface area (Å²) in [6, 6.07) is 24.9. The van der Waals surface area contributed by atoms with Gasteiger partial charge in [0.25, 0.3) is 0 Å². The minimum absolute atomic E-state index is 0.0675. The highest BCUT2D eigenvalue weighted by molar-refractivity contribution is 9.10. The maximum Gasteiger partial charge on any atom is 0.243 e. The summed E-state index contributed by atoms with van der Waals surface area (Å²) in [6.07, 6.45) is 0.444. The molecule has 184 valence electrons. The Morgan fingerprint density at radius 1 is 0.971 bits per heavy atom. The number of nitrogens with one attached hydrogen (secondary N) is 1. The lowest BCUT2D eigenvalue weighted by molar-refractivity contribution is -0.139. The molecule has 3 aromatic rings. The molecule has 0 aliphatic rings. The van der Waals surface area contributed by atoms with Gasteiger partial charge >= 0.3 is 0 Å².